The highest BCUT2D eigenvalue weighted by molar-refractivity contribution is 5.92. The Morgan fingerprint density at radius 2 is 1.76 bits per heavy atom. The molecule has 2 N–H and O–H groups in total. The Kier molecular flexibility index (Phi) is 5.75. The van der Waals surface area contributed by atoms with Crippen molar-refractivity contribution in [2.45, 2.75) is 45.4 Å². The number of nitrogens with one attached hydrogen (secondary N) is 1. The molecule has 0 aromatic heterocycles. The highest BCUT2D eigenvalue weighted by Gasteiger charge is 2.25. The second-order valence-corrected chi connectivity index (χ2v) is 7.17. The zero-order chi connectivity index (χ0) is 17.6. The van der Waals surface area contributed by atoms with E-state index in [1.807, 2.05) is 24.3 Å². The third-order valence-corrected chi connectivity index (χ3v) is 5.29. The largest absolute Gasteiger partial charge is 0.508 e. The smallest absolute Gasteiger partial charge is 0.227 e. The van der Waals surface area contributed by atoms with Crippen LogP contribution in [0.4, 0.5) is 5.69 Å². The molecule has 0 spiro atoms. The average molecular weight is 337 g/mol. The summed E-state index contributed by atoms with van der Waals surface area (Å²) in [6, 6.07) is 15.5. The Labute approximate surface area is 150 Å². The van der Waals surface area contributed by atoms with Crippen molar-refractivity contribution in [3.63, 3.8) is 0 Å². The minimum Gasteiger partial charge on any atom is -0.508 e. The van der Waals surface area contributed by atoms with E-state index in [9.17, 15) is 9.90 Å². The van der Waals surface area contributed by atoms with Crippen LogP contribution in [-0.2, 0) is 11.2 Å². The van der Waals surface area contributed by atoms with Gasteiger partial charge in [-0.1, -0.05) is 43.7 Å². The molecule has 132 valence electrons. The molecule has 0 atom stereocenters. The van der Waals surface area contributed by atoms with E-state index in [1.54, 1.807) is 12.1 Å². The molecule has 2 aromatic rings. The van der Waals surface area contributed by atoms with E-state index < -0.39 is 0 Å². The van der Waals surface area contributed by atoms with E-state index in [1.165, 1.54) is 12.0 Å². The Hall–Kier alpha value is -2.29. The molecule has 1 saturated carbocycles. The zero-order valence-electron chi connectivity index (χ0n) is 14.9. The zero-order valence-corrected chi connectivity index (χ0v) is 14.9. The number of hydrogen-bond acceptors (Lipinski definition) is 2. The maximum absolute atomic E-state index is 12.6. The van der Waals surface area contributed by atoms with Gasteiger partial charge in [0.1, 0.15) is 5.75 Å². The summed E-state index contributed by atoms with van der Waals surface area (Å²) in [5.41, 5.74) is 2.87. The van der Waals surface area contributed by atoms with Crippen LogP contribution in [-0.4, -0.2) is 11.0 Å². The van der Waals surface area contributed by atoms with Crippen LogP contribution in [0.25, 0.3) is 0 Å². The van der Waals surface area contributed by atoms with E-state index >= 15 is 0 Å². The molecule has 1 fully saturated rings. The predicted molar refractivity (Wildman–Crippen MR) is 102 cm³/mol. The average Bonchev–Trinajstić information content (AvgIpc) is 2.62. The molecule has 1 aliphatic carbocycles. The standard InChI is InChI=1S/C22H27NO2/c1-2-16-8-10-19(11-9-16)22(25)23-20-13-18(14-21(24)15-20)12-17-6-4-3-5-7-17/h3-7,13-16,19,24H,2,8-12H2,1H3,(H,23,25). The SMILES string of the molecule is CCC1CCC(C(=O)Nc2cc(O)cc(Cc3ccccc3)c2)CC1. The molecule has 3 rings (SSSR count). The van der Waals surface area contributed by atoms with Gasteiger partial charge < -0.3 is 10.4 Å². The van der Waals surface area contributed by atoms with Crippen molar-refractivity contribution in [3.05, 3.63) is 59.7 Å². The molecule has 1 aliphatic rings. The van der Waals surface area contributed by atoms with Gasteiger partial charge in [0.15, 0.2) is 0 Å². The number of anilines is 1. The van der Waals surface area contributed by atoms with Gasteiger partial charge in [0, 0.05) is 17.7 Å². The Morgan fingerprint density at radius 1 is 1.04 bits per heavy atom. The fourth-order valence-corrected chi connectivity index (χ4v) is 3.76. The van der Waals surface area contributed by atoms with E-state index in [-0.39, 0.29) is 17.6 Å². The molecule has 25 heavy (non-hydrogen) atoms. The summed E-state index contributed by atoms with van der Waals surface area (Å²) in [4.78, 5) is 12.6. The topological polar surface area (TPSA) is 49.3 Å². The van der Waals surface area contributed by atoms with Gasteiger partial charge in [-0.3, -0.25) is 4.79 Å². The number of hydrogen-bond donors (Lipinski definition) is 2. The minimum absolute atomic E-state index is 0.0887. The fraction of sp³-hybridized carbons (Fsp3) is 0.409. The molecule has 0 heterocycles. The third kappa shape index (κ3) is 4.85. The second-order valence-electron chi connectivity index (χ2n) is 7.17. The monoisotopic (exact) mass is 337 g/mol. The number of phenols is 1. The number of benzene rings is 2. The first-order valence-electron chi connectivity index (χ1n) is 9.31. The summed E-state index contributed by atoms with van der Waals surface area (Å²) in [5, 5.41) is 13.0. The van der Waals surface area contributed by atoms with Crippen molar-refractivity contribution < 1.29 is 9.90 Å². The number of rotatable bonds is 5. The van der Waals surface area contributed by atoms with Crippen LogP contribution in [0.15, 0.2) is 48.5 Å². The lowest BCUT2D eigenvalue weighted by atomic mass is 9.80. The van der Waals surface area contributed by atoms with Crippen LogP contribution in [0.1, 0.15) is 50.2 Å². The van der Waals surface area contributed by atoms with Gasteiger partial charge in [0.2, 0.25) is 5.91 Å². The highest BCUT2D eigenvalue weighted by atomic mass is 16.3. The summed E-state index contributed by atoms with van der Waals surface area (Å²) in [5.74, 6) is 1.16. The van der Waals surface area contributed by atoms with Gasteiger partial charge in [0.05, 0.1) is 0 Å². The Bertz CT molecular complexity index is 703. The Balaban J connectivity index is 1.65. The summed E-state index contributed by atoms with van der Waals surface area (Å²) in [6.45, 7) is 2.23. The van der Waals surface area contributed by atoms with Crippen LogP contribution in [0, 0.1) is 11.8 Å². The van der Waals surface area contributed by atoms with E-state index in [0.717, 1.165) is 43.6 Å². The summed E-state index contributed by atoms with van der Waals surface area (Å²) < 4.78 is 0. The maximum Gasteiger partial charge on any atom is 0.227 e. The Morgan fingerprint density at radius 3 is 2.44 bits per heavy atom. The van der Waals surface area contributed by atoms with E-state index in [2.05, 4.69) is 24.4 Å². The fourth-order valence-electron chi connectivity index (χ4n) is 3.76. The number of aromatic hydroxyl groups is 1. The molecular formula is C22H27NO2. The molecule has 0 bridgehead atoms. The number of amides is 1. The summed E-state index contributed by atoms with van der Waals surface area (Å²) in [6.07, 6.45) is 6.19. The summed E-state index contributed by atoms with van der Waals surface area (Å²) in [7, 11) is 0. The molecule has 0 saturated heterocycles. The number of phenolic OH excluding ortho intramolecular Hbond substituents is 1. The maximum atomic E-state index is 12.6. The molecule has 0 unspecified atom stereocenters. The first-order valence-corrected chi connectivity index (χ1v) is 9.31. The molecular weight excluding hydrogens is 310 g/mol. The lowest BCUT2D eigenvalue weighted by Gasteiger charge is -2.27. The van der Waals surface area contributed by atoms with Crippen LogP contribution in [0.5, 0.6) is 5.75 Å². The predicted octanol–water partition coefficient (Wildman–Crippen LogP) is 5.14. The lowest BCUT2D eigenvalue weighted by Crippen LogP contribution is -2.27. The van der Waals surface area contributed by atoms with Gasteiger partial charge in [-0.05, 0) is 61.3 Å². The van der Waals surface area contributed by atoms with Crippen molar-refractivity contribution in [1.82, 2.24) is 0 Å². The van der Waals surface area contributed by atoms with Crippen molar-refractivity contribution in [1.29, 1.82) is 0 Å². The van der Waals surface area contributed by atoms with Gasteiger partial charge in [0.25, 0.3) is 0 Å². The van der Waals surface area contributed by atoms with E-state index in [4.69, 9.17) is 0 Å². The van der Waals surface area contributed by atoms with Gasteiger partial charge >= 0.3 is 0 Å². The normalized spacial score (nSPS) is 20.2. The van der Waals surface area contributed by atoms with Crippen molar-refractivity contribution in [2.24, 2.45) is 11.8 Å². The second kappa shape index (κ2) is 8.19. The van der Waals surface area contributed by atoms with Crippen LogP contribution < -0.4 is 5.32 Å². The van der Waals surface area contributed by atoms with Crippen molar-refractivity contribution in [2.75, 3.05) is 5.32 Å². The third-order valence-electron chi connectivity index (χ3n) is 5.29. The van der Waals surface area contributed by atoms with Gasteiger partial charge in [-0.25, -0.2) is 0 Å². The van der Waals surface area contributed by atoms with Crippen LogP contribution in [0.2, 0.25) is 0 Å². The minimum atomic E-state index is 0.0887. The molecule has 2 aromatic carbocycles. The van der Waals surface area contributed by atoms with Crippen molar-refractivity contribution >= 4 is 11.6 Å². The lowest BCUT2D eigenvalue weighted by molar-refractivity contribution is -0.121. The van der Waals surface area contributed by atoms with Gasteiger partial charge in [-0.2, -0.15) is 0 Å². The van der Waals surface area contributed by atoms with Crippen LogP contribution >= 0.6 is 0 Å². The first-order chi connectivity index (χ1) is 12.1. The number of carbonyl (C=O) groups is 1. The first kappa shape index (κ1) is 17.5. The summed E-state index contributed by atoms with van der Waals surface area (Å²) >= 11 is 0. The van der Waals surface area contributed by atoms with Crippen molar-refractivity contribution in [3.8, 4) is 5.75 Å². The number of carbonyl (C=O) groups excluding carboxylic acids is 1. The highest BCUT2D eigenvalue weighted by Crippen LogP contribution is 2.31. The molecule has 1 amide bonds. The molecule has 3 nitrogen and oxygen atoms in total. The van der Waals surface area contributed by atoms with Crippen LogP contribution in [0.3, 0.4) is 0 Å². The van der Waals surface area contributed by atoms with Gasteiger partial charge in [-0.15, -0.1) is 0 Å². The molecule has 0 aliphatic heterocycles. The molecule has 0 radical (unpaired) electrons. The quantitative estimate of drug-likeness (QED) is 0.794. The van der Waals surface area contributed by atoms with E-state index in [0.29, 0.717) is 5.69 Å². The molecule has 3 heteroatoms.